The van der Waals surface area contributed by atoms with Crippen LogP contribution in [0.2, 0.25) is 5.02 Å². The number of benzene rings is 1. The molecular formula is C18H19ClN4O2S. The molecule has 0 atom stereocenters. The van der Waals surface area contributed by atoms with Crippen molar-refractivity contribution in [1.82, 2.24) is 14.6 Å². The molecule has 3 heterocycles. The van der Waals surface area contributed by atoms with Crippen molar-refractivity contribution in [2.24, 2.45) is 5.92 Å². The molecule has 0 saturated carbocycles. The van der Waals surface area contributed by atoms with Crippen LogP contribution in [0.4, 0.5) is 5.82 Å². The van der Waals surface area contributed by atoms with Gasteiger partial charge in [-0.05, 0) is 43.0 Å². The number of halogens is 1. The number of hydrogen-bond donors (Lipinski definition) is 1. The van der Waals surface area contributed by atoms with E-state index in [2.05, 4.69) is 15.4 Å². The maximum Gasteiger partial charge on any atom is 0.154 e. The Labute approximate surface area is 157 Å². The molecule has 26 heavy (non-hydrogen) atoms. The van der Waals surface area contributed by atoms with Crippen LogP contribution in [0.3, 0.4) is 0 Å². The van der Waals surface area contributed by atoms with E-state index in [1.54, 1.807) is 10.7 Å². The second-order valence-electron chi connectivity index (χ2n) is 6.62. The highest BCUT2D eigenvalue weighted by atomic mass is 35.5. The minimum atomic E-state index is -2.83. The first-order chi connectivity index (χ1) is 12.5. The molecule has 6 nitrogen and oxygen atoms in total. The van der Waals surface area contributed by atoms with Crippen LogP contribution in [-0.4, -0.2) is 41.1 Å². The van der Waals surface area contributed by atoms with Gasteiger partial charge in [-0.15, -0.1) is 5.10 Å². The van der Waals surface area contributed by atoms with Crippen molar-refractivity contribution >= 4 is 32.9 Å². The van der Waals surface area contributed by atoms with Gasteiger partial charge in [0.2, 0.25) is 0 Å². The average molecular weight is 391 g/mol. The van der Waals surface area contributed by atoms with E-state index in [1.807, 2.05) is 36.4 Å². The number of fused-ring (bicyclic) bond motifs is 1. The average Bonchev–Trinajstić information content (AvgIpc) is 3.04. The molecular weight excluding hydrogens is 372 g/mol. The topological polar surface area (TPSA) is 76.4 Å². The molecule has 0 radical (unpaired) electrons. The van der Waals surface area contributed by atoms with Gasteiger partial charge in [0.05, 0.1) is 23.4 Å². The highest BCUT2D eigenvalue weighted by Crippen LogP contribution is 2.24. The smallest absolute Gasteiger partial charge is 0.154 e. The monoisotopic (exact) mass is 390 g/mol. The number of nitrogens with one attached hydrogen (secondary N) is 1. The van der Waals surface area contributed by atoms with Crippen LogP contribution >= 0.6 is 11.6 Å². The van der Waals surface area contributed by atoms with Crippen molar-refractivity contribution in [3.63, 3.8) is 0 Å². The van der Waals surface area contributed by atoms with Crippen molar-refractivity contribution < 1.29 is 8.42 Å². The number of imidazole rings is 1. The first kappa shape index (κ1) is 17.3. The fraction of sp³-hybridized carbons (Fsp3) is 0.333. The minimum Gasteiger partial charge on any atom is -0.368 e. The molecule has 0 unspecified atom stereocenters. The van der Waals surface area contributed by atoms with Crippen molar-refractivity contribution in [1.29, 1.82) is 0 Å². The summed E-state index contributed by atoms with van der Waals surface area (Å²) in [5.74, 6) is 1.66. The lowest BCUT2D eigenvalue weighted by Crippen LogP contribution is -2.27. The molecule has 1 aromatic carbocycles. The first-order valence-electron chi connectivity index (χ1n) is 8.55. The number of rotatable bonds is 4. The Morgan fingerprint density at radius 3 is 2.77 bits per heavy atom. The zero-order chi connectivity index (χ0) is 18.1. The first-order valence-corrected chi connectivity index (χ1v) is 10.8. The number of aromatic nitrogens is 3. The molecule has 0 spiro atoms. The SMILES string of the molecule is O=S1(=O)CCC(CNc2ccc3ncc(-c4cccc(Cl)c4)n3n2)CC1. The van der Waals surface area contributed by atoms with Gasteiger partial charge in [0.1, 0.15) is 15.7 Å². The van der Waals surface area contributed by atoms with Gasteiger partial charge in [-0.25, -0.2) is 17.9 Å². The molecule has 0 amide bonds. The van der Waals surface area contributed by atoms with Gasteiger partial charge < -0.3 is 5.32 Å². The highest BCUT2D eigenvalue weighted by molar-refractivity contribution is 7.91. The molecule has 0 aliphatic carbocycles. The third-order valence-corrected chi connectivity index (χ3v) is 6.68. The van der Waals surface area contributed by atoms with Crippen LogP contribution in [0.15, 0.2) is 42.6 Å². The third-order valence-electron chi connectivity index (χ3n) is 4.73. The summed E-state index contributed by atoms with van der Waals surface area (Å²) in [6, 6.07) is 11.4. The number of anilines is 1. The summed E-state index contributed by atoms with van der Waals surface area (Å²) < 4.78 is 24.9. The number of hydrogen-bond acceptors (Lipinski definition) is 5. The summed E-state index contributed by atoms with van der Waals surface area (Å²) in [4.78, 5) is 4.39. The van der Waals surface area contributed by atoms with Crippen molar-refractivity contribution in [2.45, 2.75) is 12.8 Å². The maximum atomic E-state index is 11.5. The highest BCUT2D eigenvalue weighted by Gasteiger charge is 2.23. The Balaban J connectivity index is 1.53. The van der Waals surface area contributed by atoms with Crippen LogP contribution in [0.5, 0.6) is 0 Å². The van der Waals surface area contributed by atoms with Gasteiger partial charge >= 0.3 is 0 Å². The molecule has 1 aliphatic heterocycles. The second kappa shape index (κ2) is 6.89. The zero-order valence-electron chi connectivity index (χ0n) is 14.1. The molecule has 1 fully saturated rings. The van der Waals surface area contributed by atoms with Crippen molar-refractivity contribution in [3.05, 3.63) is 47.6 Å². The van der Waals surface area contributed by atoms with E-state index in [9.17, 15) is 8.42 Å². The lowest BCUT2D eigenvalue weighted by Gasteiger charge is -2.22. The standard InChI is InChI=1S/C18H19ClN4O2S/c19-15-3-1-2-14(10-15)16-12-21-18-5-4-17(22-23(16)18)20-11-13-6-8-26(24,25)9-7-13/h1-5,10,12-13H,6-9,11H2,(H,20,22). The Kier molecular flexibility index (Phi) is 4.58. The van der Waals surface area contributed by atoms with E-state index in [-0.39, 0.29) is 11.5 Å². The van der Waals surface area contributed by atoms with Gasteiger partial charge in [0, 0.05) is 17.1 Å². The lowest BCUT2D eigenvalue weighted by molar-refractivity contribution is 0.484. The van der Waals surface area contributed by atoms with Crippen molar-refractivity contribution in [2.75, 3.05) is 23.4 Å². The minimum absolute atomic E-state index is 0.284. The summed E-state index contributed by atoms with van der Waals surface area (Å²) in [5, 5.41) is 8.63. The fourth-order valence-corrected chi connectivity index (χ4v) is 4.98. The largest absolute Gasteiger partial charge is 0.368 e. The molecule has 4 rings (SSSR count). The Morgan fingerprint density at radius 1 is 1.19 bits per heavy atom. The predicted molar refractivity (Wildman–Crippen MR) is 103 cm³/mol. The van der Waals surface area contributed by atoms with Crippen LogP contribution in [-0.2, 0) is 9.84 Å². The predicted octanol–water partition coefficient (Wildman–Crippen LogP) is 3.29. The van der Waals surface area contributed by atoms with E-state index >= 15 is 0 Å². The normalized spacial score (nSPS) is 17.4. The Bertz CT molecular complexity index is 1030. The summed E-state index contributed by atoms with van der Waals surface area (Å²) in [6.07, 6.45) is 3.19. The molecule has 0 bridgehead atoms. The van der Waals surface area contributed by atoms with Gasteiger partial charge in [0.15, 0.2) is 5.65 Å². The third kappa shape index (κ3) is 3.68. The van der Waals surface area contributed by atoms with Crippen LogP contribution in [0.1, 0.15) is 12.8 Å². The van der Waals surface area contributed by atoms with Crippen molar-refractivity contribution in [3.8, 4) is 11.3 Å². The van der Waals surface area contributed by atoms with E-state index in [4.69, 9.17) is 11.6 Å². The molecule has 136 valence electrons. The molecule has 1 saturated heterocycles. The van der Waals surface area contributed by atoms with E-state index in [0.29, 0.717) is 23.8 Å². The molecule has 1 aliphatic rings. The maximum absolute atomic E-state index is 11.5. The molecule has 2 aromatic heterocycles. The fourth-order valence-electron chi connectivity index (χ4n) is 3.20. The van der Waals surface area contributed by atoms with E-state index < -0.39 is 9.84 Å². The van der Waals surface area contributed by atoms with Crippen LogP contribution in [0.25, 0.3) is 16.9 Å². The van der Waals surface area contributed by atoms with Gasteiger partial charge in [0.25, 0.3) is 0 Å². The molecule has 1 N–H and O–H groups in total. The summed E-state index contributed by atoms with van der Waals surface area (Å²) in [7, 11) is -2.83. The molecule has 3 aromatic rings. The van der Waals surface area contributed by atoms with Gasteiger partial charge in [-0.2, -0.15) is 0 Å². The number of nitrogens with zero attached hydrogens (tertiary/aromatic N) is 3. The zero-order valence-corrected chi connectivity index (χ0v) is 15.7. The van der Waals surface area contributed by atoms with Crippen LogP contribution in [0, 0.1) is 5.92 Å². The van der Waals surface area contributed by atoms with Gasteiger partial charge in [-0.1, -0.05) is 23.7 Å². The van der Waals surface area contributed by atoms with Gasteiger partial charge in [-0.3, -0.25) is 0 Å². The number of sulfone groups is 1. The molecule has 8 heteroatoms. The van der Waals surface area contributed by atoms with E-state index in [0.717, 1.165) is 29.3 Å². The van der Waals surface area contributed by atoms with Crippen LogP contribution < -0.4 is 5.32 Å². The quantitative estimate of drug-likeness (QED) is 0.739. The second-order valence-corrected chi connectivity index (χ2v) is 9.36. The Morgan fingerprint density at radius 2 is 2.00 bits per heavy atom. The summed E-state index contributed by atoms with van der Waals surface area (Å²) in [6.45, 7) is 0.717. The lowest BCUT2D eigenvalue weighted by atomic mass is 10.0. The summed E-state index contributed by atoms with van der Waals surface area (Å²) in [5.41, 5.74) is 2.58. The van der Waals surface area contributed by atoms with E-state index in [1.165, 1.54) is 0 Å². The summed E-state index contributed by atoms with van der Waals surface area (Å²) >= 11 is 6.09. The Hall–Kier alpha value is -2.12.